The molecule has 7 nitrogen and oxygen atoms in total. The van der Waals surface area contributed by atoms with Gasteiger partial charge in [0.1, 0.15) is 18.8 Å². The van der Waals surface area contributed by atoms with Crippen LogP contribution in [-0.4, -0.2) is 40.8 Å². The summed E-state index contributed by atoms with van der Waals surface area (Å²) in [7, 11) is 0. The molecule has 1 aromatic carbocycles. The van der Waals surface area contributed by atoms with Crippen molar-refractivity contribution in [2.45, 2.75) is 0 Å². The van der Waals surface area contributed by atoms with Gasteiger partial charge >= 0.3 is 0 Å². The van der Waals surface area contributed by atoms with Crippen molar-refractivity contribution < 1.29 is 19.5 Å². The Balaban J connectivity index is 3.04. The van der Waals surface area contributed by atoms with Crippen LogP contribution < -0.4 is 11.5 Å². The normalized spacial score (nSPS) is 9.95. The molecule has 0 atom stereocenters. The van der Waals surface area contributed by atoms with Crippen LogP contribution in [0.3, 0.4) is 0 Å². The molecule has 0 saturated heterocycles. The van der Waals surface area contributed by atoms with Gasteiger partial charge in [0.15, 0.2) is 0 Å². The molecule has 102 valence electrons. The van der Waals surface area contributed by atoms with Crippen LogP contribution in [0.2, 0.25) is 5.02 Å². The monoisotopic (exact) mass is 285 g/mol. The van der Waals surface area contributed by atoms with Crippen molar-refractivity contribution in [2.24, 2.45) is 11.5 Å². The van der Waals surface area contributed by atoms with E-state index in [4.69, 9.17) is 23.1 Å². The van der Waals surface area contributed by atoms with E-state index in [2.05, 4.69) is 0 Å². The fraction of sp³-hybridized carbons (Fsp3) is 0.182. The van der Waals surface area contributed by atoms with E-state index in [1.807, 2.05) is 0 Å². The number of halogens is 1. The van der Waals surface area contributed by atoms with Crippen molar-refractivity contribution >= 4 is 29.3 Å². The van der Waals surface area contributed by atoms with E-state index in [1.165, 1.54) is 18.2 Å². The molecule has 0 fully saturated rings. The van der Waals surface area contributed by atoms with E-state index in [1.54, 1.807) is 0 Å². The number of rotatable bonds is 5. The van der Waals surface area contributed by atoms with Crippen molar-refractivity contribution in [3.63, 3.8) is 0 Å². The van der Waals surface area contributed by atoms with Gasteiger partial charge in [-0.15, -0.1) is 0 Å². The molecule has 0 aliphatic rings. The van der Waals surface area contributed by atoms with Crippen LogP contribution in [0.25, 0.3) is 0 Å². The third kappa shape index (κ3) is 4.14. The van der Waals surface area contributed by atoms with E-state index in [0.717, 1.165) is 4.90 Å². The van der Waals surface area contributed by atoms with Crippen LogP contribution >= 0.6 is 11.6 Å². The number of primary amides is 2. The molecule has 1 rings (SSSR count). The van der Waals surface area contributed by atoms with Crippen molar-refractivity contribution in [1.82, 2.24) is 4.90 Å². The summed E-state index contributed by atoms with van der Waals surface area (Å²) in [5.74, 6) is -2.71. The fourth-order valence-corrected chi connectivity index (χ4v) is 1.60. The molecule has 1 aromatic rings. The van der Waals surface area contributed by atoms with Gasteiger partial charge in [0.25, 0.3) is 5.91 Å². The number of phenols is 1. The van der Waals surface area contributed by atoms with Crippen LogP contribution in [0.1, 0.15) is 10.4 Å². The first-order valence-electron chi connectivity index (χ1n) is 5.15. The summed E-state index contributed by atoms with van der Waals surface area (Å²) >= 11 is 5.64. The van der Waals surface area contributed by atoms with Crippen LogP contribution in [0.4, 0.5) is 0 Å². The number of amides is 3. The van der Waals surface area contributed by atoms with Crippen molar-refractivity contribution in [2.75, 3.05) is 13.1 Å². The maximum atomic E-state index is 12.1. The lowest BCUT2D eigenvalue weighted by atomic mass is 10.1. The Bertz CT molecular complexity index is 517. The zero-order valence-corrected chi connectivity index (χ0v) is 10.6. The summed E-state index contributed by atoms with van der Waals surface area (Å²) < 4.78 is 0. The Morgan fingerprint density at radius 3 is 2.11 bits per heavy atom. The lowest BCUT2D eigenvalue weighted by molar-refractivity contribution is -0.121. The second-order valence-electron chi connectivity index (χ2n) is 3.76. The van der Waals surface area contributed by atoms with Gasteiger partial charge in [-0.2, -0.15) is 0 Å². The lowest BCUT2D eigenvalue weighted by Crippen LogP contribution is -2.43. The average molecular weight is 286 g/mol. The number of nitrogens with two attached hydrogens (primary N) is 2. The maximum absolute atomic E-state index is 12.1. The van der Waals surface area contributed by atoms with Gasteiger partial charge in [-0.3, -0.25) is 14.4 Å². The number of carbonyl (C=O) groups is 3. The number of nitrogens with zero attached hydrogens (tertiary/aromatic N) is 1. The third-order valence-electron chi connectivity index (χ3n) is 2.17. The second kappa shape index (κ2) is 6.05. The van der Waals surface area contributed by atoms with E-state index >= 15 is 0 Å². The smallest absolute Gasteiger partial charge is 0.258 e. The molecule has 0 bridgehead atoms. The lowest BCUT2D eigenvalue weighted by Gasteiger charge is -2.19. The summed E-state index contributed by atoms with van der Waals surface area (Å²) in [5, 5.41) is 9.86. The summed E-state index contributed by atoms with van der Waals surface area (Å²) in [4.78, 5) is 34.6. The number of aromatic hydroxyl groups is 1. The molecule has 3 amide bonds. The van der Waals surface area contributed by atoms with Crippen LogP contribution in [-0.2, 0) is 9.59 Å². The number of hydrogen-bond donors (Lipinski definition) is 3. The van der Waals surface area contributed by atoms with E-state index in [9.17, 15) is 19.5 Å². The van der Waals surface area contributed by atoms with Gasteiger partial charge in [0, 0.05) is 5.02 Å². The second-order valence-corrected chi connectivity index (χ2v) is 4.19. The van der Waals surface area contributed by atoms with Crippen molar-refractivity contribution in [3.8, 4) is 5.75 Å². The molecule has 5 N–H and O–H groups in total. The summed E-state index contributed by atoms with van der Waals surface area (Å²) in [6, 6.07) is 3.83. The first-order valence-corrected chi connectivity index (χ1v) is 5.53. The summed E-state index contributed by atoms with van der Waals surface area (Å²) in [6.07, 6.45) is 0. The molecular formula is C11H12ClN3O4. The molecular weight excluding hydrogens is 274 g/mol. The van der Waals surface area contributed by atoms with Gasteiger partial charge in [-0.05, 0) is 18.2 Å². The molecule has 0 aliphatic carbocycles. The van der Waals surface area contributed by atoms with Gasteiger partial charge in [-0.1, -0.05) is 11.6 Å². The molecule has 0 unspecified atom stereocenters. The number of benzene rings is 1. The van der Waals surface area contributed by atoms with Gasteiger partial charge < -0.3 is 21.5 Å². The topological polar surface area (TPSA) is 127 Å². The average Bonchev–Trinajstić information content (AvgIpc) is 2.26. The molecule has 0 radical (unpaired) electrons. The van der Waals surface area contributed by atoms with E-state index in [0.29, 0.717) is 0 Å². The Hall–Kier alpha value is -2.28. The highest BCUT2D eigenvalue weighted by Crippen LogP contribution is 2.23. The fourth-order valence-electron chi connectivity index (χ4n) is 1.43. The van der Waals surface area contributed by atoms with Crippen LogP contribution in [0.15, 0.2) is 18.2 Å². The largest absolute Gasteiger partial charge is 0.507 e. The summed E-state index contributed by atoms with van der Waals surface area (Å²) in [6.45, 7) is -0.965. The highest BCUT2D eigenvalue weighted by molar-refractivity contribution is 6.30. The summed E-state index contributed by atoms with van der Waals surface area (Å²) in [5.41, 5.74) is 9.85. The molecule has 8 heteroatoms. The zero-order valence-electron chi connectivity index (χ0n) is 9.80. The zero-order chi connectivity index (χ0) is 14.6. The van der Waals surface area contributed by atoms with Gasteiger partial charge in [-0.25, -0.2) is 0 Å². The predicted molar refractivity (Wildman–Crippen MR) is 67.4 cm³/mol. The van der Waals surface area contributed by atoms with Crippen molar-refractivity contribution in [3.05, 3.63) is 28.8 Å². The molecule has 0 aromatic heterocycles. The van der Waals surface area contributed by atoms with Crippen molar-refractivity contribution in [1.29, 1.82) is 0 Å². The Labute approximate surface area is 113 Å². The number of phenolic OH excluding ortho intramolecular Hbond substituents is 1. The molecule has 0 saturated carbocycles. The third-order valence-corrected chi connectivity index (χ3v) is 2.41. The number of carbonyl (C=O) groups excluding carboxylic acids is 3. The molecule has 0 spiro atoms. The Morgan fingerprint density at radius 2 is 1.68 bits per heavy atom. The predicted octanol–water partition coefficient (Wildman–Crippen LogP) is -0.542. The highest BCUT2D eigenvalue weighted by Gasteiger charge is 2.22. The minimum atomic E-state index is -0.803. The Morgan fingerprint density at radius 1 is 1.16 bits per heavy atom. The first kappa shape index (κ1) is 14.8. The molecule has 0 heterocycles. The highest BCUT2D eigenvalue weighted by atomic mass is 35.5. The quantitative estimate of drug-likeness (QED) is 0.671. The van der Waals surface area contributed by atoms with Gasteiger partial charge in [0.05, 0.1) is 5.56 Å². The Kier molecular flexibility index (Phi) is 4.71. The minimum absolute atomic E-state index is 0.105. The SMILES string of the molecule is NC(=O)CN(CC(N)=O)C(=O)c1ccc(Cl)cc1O. The first-order chi connectivity index (χ1) is 8.81. The standard InChI is InChI=1S/C11H12ClN3O4/c12-6-1-2-7(8(16)3-6)11(19)15(4-9(13)17)5-10(14)18/h1-3,16H,4-5H2,(H2,13,17)(H2,14,18). The van der Waals surface area contributed by atoms with Crippen LogP contribution in [0.5, 0.6) is 5.75 Å². The molecule has 19 heavy (non-hydrogen) atoms. The molecule has 0 aliphatic heterocycles. The number of hydrogen-bond acceptors (Lipinski definition) is 4. The minimum Gasteiger partial charge on any atom is -0.507 e. The van der Waals surface area contributed by atoms with E-state index in [-0.39, 0.29) is 16.3 Å². The van der Waals surface area contributed by atoms with Gasteiger partial charge in [0.2, 0.25) is 11.8 Å². The van der Waals surface area contributed by atoms with E-state index < -0.39 is 30.8 Å². The maximum Gasteiger partial charge on any atom is 0.258 e. The van der Waals surface area contributed by atoms with Crippen LogP contribution in [0, 0.1) is 0 Å².